The summed E-state index contributed by atoms with van der Waals surface area (Å²) in [6.07, 6.45) is 0. The van der Waals surface area contributed by atoms with Gasteiger partial charge in [-0.3, -0.25) is 4.98 Å². The maximum atomic E-state index is 11.6. The fourth-order valence-corrected chi connectivity index (χ4v) is 2.57. The van der Waals surface area contributed by atoms with Gasteiger partial charge < -0.3 is 9.15 Å². The lowest BCUT2D eigenvalue weighted by Crippen LogP contribution is -2.14. The minimum atomic E-state index is -0.764. The van der Waals surface area contributed by atoms with E-state index in [9.17, 15) is 9.59 Å². The van der Waals surface area contributed by atoms with Gasteiger partial charge in [0.25, 0.3) is 0 Å². The monoisotopic (exact) mass is 395 g/mol. The smallest absolute Gasteiger partial charge is 0.419 e. The number of ether oxygens (including phenoxy) is 1. The zero-order valence-electron chi connectivity index (χ0n) is 10.8. The van der Waals surface area contributed by atoms with E-state index in [-0.39, 0.29) is 5.39 Å². The number of H-pyrrole nitrogens is 1. The van der Waals surface area contributed by atoms with Crippen molar-refractivity contribution in [3.8, 4) is 5.75 Å². The molecule has 2 aromatic carbocycles. The van der Waals surface area contributed by atoms with Gasteiger partial charge in [-0.15, -0.1) is 0 Å². The Kier molecular flexibility index (Phi) is 3.78. The number of benzene rings is 2. The molecule has 0 radical (unpaired) electrons. The summed E-state index contributed by atoms with van der Waals surface area (Å²) in [5, 5.41) is 0.287. The Labute approximate surface area is 132 Å². The highest BCUT2D eigenvalue weighted by Crippen LogP contribution is 2.18. The first-order chi connectivity index (χ1) is 10.1. The summed E-state index contributed by atoms with van der Waals surface area (Å²) in [5.41, 5.74) is 0.793. The largest absolute Gasteiger partial charge is 0.489 e. The Hall–Kier alpha value is -2.09. The molecule has 0 aliphatic heterocycles. The number of aromatic nitrogens is 1. The highest BCUT2D eigenvalue weighted by atomic mass is 127. The molecule has 0 saturated carbocycles. The molecular formula is C15H10INO4. The zero-order chi connectivity index (χ0) is 14.8. The second kappa shape index (κ2) is 5.72. The molecule has 0 spiro atoms. The van der Waals surface area contributed by atoms with Crippen LogP contribution >= 0.6 is 22.6 Å². The normalized spacial score (nSPS) is 10.7. The summed E-state index contributed by atoms with van der Waals surface area (Å²) in [6.45, 7) is 0.400. The lowest BCUT2D eigenvalue weighted by Gasteiger charge is -2.07. The van der Waals surface area contributed by atoms with E-state index in [4.69, 9.17) is 4.74 Å². The van der Waals surface area contributed by atoms with Crippen LogP contribution in [-0.2, 0) is 6.61 Å². The van der Waals surface area contributed by atoms with Crippen LogP contribution in [0.1, 0.15) is 5.56 Å². The summed E-state index contributed by atoms with van der Waals surface area (Å²) in [5.74, 6) is -0.222. The standard InChI is InChI=1S/C15H10INO4/c16-10-3-1-2-9(6-10)8-20-11-4-5-13-12(7-11)14(18)21-15(19)17-13/h1-7H,8H2,(H,17,19). The number of aromatic amines is 1. The molecule has 21 heavy (non-hydrogen) atoms. The minimum Gasteiger partial charge on any atom is -0.489 e. The van der Waals surface area contributed by atoms with E-state index < -0.39 is 11.4 Å². The van der Waals surface area contributed by atoms with Crippen molar-refractivity contribution in [2.45, 2.75) is 6.61 Å². The van der Waals surface area contributed by atoms with E-state index in [0.29, 0.717) is 17.9 Å². The van der Waals surface area contributed by atoms with Crippen molar-refractivity contribution in [1.29, 1.82) is 0 Å². The van der Waals surface area contributed by atoms with Crippen LogP contribution in [0.5, 0.6) is 5.75 Å². The van der Waals surface area contributed by atoms with Gasteiger partial charge in [0.1, 0.15) is 12.4 Å². The predicted octanol–water partition coefficient (Wildman–Crippen LogP) is 2.66. The van der Waals surface area contributed by atoms with Gasteiger partial charge in [0.2, 0.25) is 0 Å². The summed E-state index contributed by atoms with van der Waals surface area (Å²) in [7, 11) is 0. The molecule has 1 heterocycles. The quantitative estimate of drug-likeness (QED) is 0.693. The first-order valence-corrected chi connectivity index (χ1v) is 7.24. The Balaban J connectivity index is 1.88. The molecule has 1 N–H and O–H groups in total. The van der Waals surface area contributed by atoms with Crippen LogP contribution in [0, 0.1) is 3.57 Å². The molecule has 0 fully saturated rings. The van der Waals surface area contributed by atoms with Crippen molar-refractivity contribution >= 4 is 33.5 Å². The predicted molar refractivity (Wildman–Crippen MR) is 86.6 cm³/mol. The van der Waals surface area contributed by atoms with Crippen molar-refractivity contribution in [2.24, 2.45) is 0 Å². The lowest BCUT2D eigenvalue weighted by molar-refractivity contribution is 0.306. The number of fused-ring (bicyclic) bond motifs is 1. The molecular weight excluding hydrogens is 385 g/mol. The van der Waals surface area contributed by atoms with E-state index in [1.54, 1.807) is 18.2 Å². The van der Waals surface area contributed by atoms with Crippen LogP contribution in [0.25, 0.3) is 10.9 Å². The lowest BCUT2D eigenvalue weighted by atomic mass is 10.2. The third-order valence-corrected chi connectivity index (χ3v) is 3.60. The molecule has 0 atom stereocenters. The molecule has 0 unspecified atom stereocenters. The van der Waals surface area contributed by atoms with Gasteiger partial charge in [-0.1, -0.05) is 12.1 Å². The summed E-state index contributed by atoms with van der Waals surface area (Å²) in [4.78, 5) is 25.2. The molecule has 3 aromatic rings. The molecule has 3 rings (SSSR count). The summed E-state index contributed by atoms with van der Waals surface area (Å²) >= 11 is 2.24. The van der Waals surface area contributed by atoms with Gasteiger partial charge in [-0.25, -0.2) is 9.59 Å². The van der Waals surface area contributed by atoms with Crippen LogP contribution in [0.3, 0.4) is 0 Å². The van der Waals surface area contributed by atoms with Crippen molar-refractivity contribution in [3.63, 3.8) is 0 Å². The van der Waals surface area contributed by atoms with Crippen molar-refractivity contribution in [1.82, 2.24) is 4.98 Å². The van der Waals surface area contributed by atoms with E-state index >= 15 is 0 Å². The Morgan fingerprint density at radius 3 is 2.81 bits per heavy atom. The Bertz CT molecular complexity index is 913. The molecule has 6 heteroatoms. The highest BCUT2D eigenvalue weighted by molar-refractivity contribution is 14.1. The third-order valence-electron chi connectivity index (χ3n) is 2.93. The van der Waals surface area contributed by atoms with Crippen molar-refractivity contribution in [3.05, 3.63) is 72.6 Å². The third kappa shape index (κ3) is 3.15. The number of halogens is 1. The van der Waals surface area contributed by atoms with E-state index in [0.717, 1.165) is 9.13 Å². The first-order valence-electron chi connectivity index (χ1n) is 6.16. The Morgan fingerprint density at radius 1 is 1.14 bits per heavy atom. The topological polar surface area (TPSA) is 72.3 Å². The SMILES string of the molecule is O=c1[nH]c2ccc(OCc3cccc(I)c3)cc2c(=O)o1. The van der Waals surface area contributed by atoms with Gasteiger partial charge >= 0.3 is 11.4 Å². The van der Waals surface area contributed by atoms with Crippen molar-refractivity contribution < 1.29 is 9.15 Å². The number of hydrogen-bond acceptors (Lipinski definition) is 4. The first kappa shape index (κ1) is 13.9. The molecule has 0 saturated heterocycles. The van der Waals surface area contributed by atoms with Gasteiger partial charge in [0.15, 0.2) is 0 Å². The van der Waals surface area contributed by atoms with Crippen LogP contribution < -0.4 is 16.1 Å². The summed E-state index contributed by atoms with van der Waals surface area (Å²) < 4.78 is 11.3. The number of nitrogens with one attached hydrogen (secondary N) is 1. The molecule has 5 nitrogen and oxygen atoms in total. The van der Waals surface area contributed by atoms with Gasteiger partial charge in [0, 0.05) is 3.57 Å². The minimum absolute atomic E-state index is 0.287. The molecule has 0 bridgehead atoms. The van der Waals surface area contributed by atoms with Crippen LogP contribution in [-0.4, -0.2) is 4.98 Å². The second-order valence-electron chi connectivity index (χ2n) is 4.43. The van der Waals surface area contributed by atoms with Crippen molar-refractivity contribution in [2.75, 3.05) is 0 Å². The van der Waals surface area contributed by atoms with Crippen LogP contribution in [0.2, 0.25) is 0 Å². The average molecular weight is 395 g/mol. The molecule has 0 aliphatic carbocycles. The van der Waals surface area contributed by atoms with Gasteiger partial charge in [-0.05, 0) is 58.5 Å². The second-order valence-corrected chi connectivity index (χ2v) is 5.67. The summed E-state index contributed by atoms with van der Waals surface area (Å²) in [6, 6.07) is 12.8. The van der Waals surface area contributed by atoms with E-state index in [1.165, 1.54) is 0 Å². The van der Waals surface area contributed by atoms with Crippen LogP contribution in [0.15, 0.2) is 56.5 Å². The molecule has 0 aliphatic rings. The van der Waals surface area contributed by atoms with E-state index in [1.807, 2.05) is 24.3 Å². The van der Waals surface area contributed by atoms with Gasteiger partial charge in [0.05, 0.1) is 10.9 Å². The maximum Gasteiger partial charge on any atom is 0.419 e. The zero-order valence-corrected chi connectivity index (χ0v) is 12.9. The maximum absolute atomic E-state index is 11.6. The average Bonchev–Trinajstić information content (AvgIpc) is 2.45. The fraction of sp³-hybridized carbons (Fsp3) is 0.0667. The fourth-order valence-electron chi connectivity index (χ4n) is 1.96. The van der Waals surface area contributed by atoms with Crippen LogP contribution in [0.4, 0.5) is 0 Å². The molecule has 0 amide bonds. The molecule has 106 valence electrons. The Morgan fingerprint density at radius 2 is 2.00 bits per heavy atom. The highest BCUT2D eigenvalue weighted by Gasteiger charge is 2.05. The van der Waals surface area contributed by atoms with Gasteiger partial charge in [-0.2, -0.15) is 0 Å². The van der Waals surface area contributed by atoms with E-state index in [2.05, 4.69) is 32.0 Å². The number of hydrogen-bond donors (Lipinski definition) is 1. The number of rotatable bonds is 3. The molecule has 1 aromatic heterocycles.